The van der Waals surface area contributed by atoms with Gasteiger partial charge in [0.2, 0.25) is 5.91 Å². The molecular formula is C21H21FN2O2S. The van der Waals surface area contributed by atoms with Gasteiger partial charge in [-0.25, -0.2) is 9.37 Å². The lowest BCUT2D eigenvalue weighted by molar-refractivity contribution is -0.123. The molecule has 4 nitrogen and oxygen atoms in total. The first-order chi connectivity index (χ1) is 13.2. The van der Waals surface area contributed by atoms with Crippen molar-refractivity contribution in [2.45, 2.75) is 38.6 Å². The number of nitrogens with zero attached hydrogens (tertiary/aromatic N) is 2. The lowest BCUT2D eigenvalue weighted by Gasteiger charge is -2.27. The fourth-order valence-corrected chi connectivity index (χ4v) is 4.35. The molecule has 6 heteroatoms. The van der Waals surface area contributed by atoms with Crippen molar-refractivity contribution in [3.8, 4) is 11.3 Å². The minimum atomic E-state index is -0.277. The summed E-state index contributed by atoms with van der Waals surface area (Å²) in [5.41, 5.74) is 1.58. The minimum absolute atomic E-state index is 0.0480. The van der Waals surface area contributed by atoms with Crippen molar-refractivity contribution in [3.63, 3.8) is 0 Å². The third-order valence-electron chi connectivity index (χ3n) is 4.98. The number of anilines is 1. The fraction of sp³-hybridized carbons (Fsp3) is 0.333. The Bertz CT molecular complexity index is 883. The van der Waals surface area contributed by atoms with E-state index in [1.807, 2.05) is 17.5 Å². The molecule has 2 heterocycles. The lowest BCUT2D eigenvalue weighted by Crippen LogP contribution is -2.36. The van der Waals surface area contributed by atoms with E-state index in [4.69, 9.17) is 4.42 Å². The van der Waals surface area contributed by atoms with Crippen molar-refractivity contribution in [1.29, 1.82) is 0 Å². The van der Waals surface area contributed by atoms with E-state index < -0.39 is 0 Å². The molecule has 1 amide bonds. The Morgan fingerprint density at radius 3 is 2.67 bits per heavy atom. The molecule has 1 aromatic carbocycles. The predicted octanol–water partition coefficient (Wildman–Crippen LogP) is 5.66. The van der Waals surface area contributed by atoms with Crippen molar-refractivity contribution in [2.75, 3.05) is 4.90 Å². The third kappa shape index (κ3) is 4.11. The van der Waals surface area contributed by atoms with Gasteiger partial charge >= 0.3 is 0 Å². The summed E-state index contributed by atoms with van der Waals surface area (Å²) in [6.07, 6.45) is 6.89. The zero-order chi connectivity index (χ0) is 18.6. The van der Waals surface area contributed by atoms with Crippen LogP contribution in [0.2, 0.25) is 0 Å². The van der Waals surface area contributed by atoms with Crippen LogP contribution in [0.3, 0.4) is 0 Å². The first kappa shape index (κ1) is 17.9. The number of hydrogen-bond acceptors (Lipinski definition) is 4. The molecule has 0 atom stereocenters. The maximum atomic E-state index is 13.2. The molecular weight excluding hydrogens is 363 g/mol. The number of aromatic nitrogens is 1. The molecule has 1 saturated carbocycles. The number of rotatable bonds is 5. The second-order valence-electron chi connectivity index (χ2n) is 6.86. The second-order valence-corrected chi connectivity index (χ2v) is 7.70. The van der Waals surface area contributed by atoms with Crippen LogP contribution in [0.4, 0.5) is 9.52 Å². The van der Waals surface area contributed by atoms with Gasteiger partial charge in [-0.3, -0.25) is 9.69 Å². The molecule has 1 aliphatic rings. The Kier molecular flexibility index (Phi) is 5.34. The quantitative estimate of drug-likeness (QED) is 0.570. The van der Waals surface area contributed by atoms with E-state index in [0.29, 0.717) is 11.7 Å². The molecule has 4 rings (SSSR count). The topological polar surface area (TPSA) is 46.3 Å². The van der Waals surface area contributed by atoms with E-state index in [-0.39, 0.29) is 17.6 Å². The number of carbonyl (C=O) groups excluding carboxylic acids is 1. The van der Waals surface area contributed by atoms with Crippen molar-refractivity contribution in [3.05, 3.63) is 59.6 Å². The van der Waals surface area contributed by atoms with Crippen molar-refractivity contribution < 1.29 is 13.6 Å². The first-order valence-electron chi connectivity index (χ1n) is 9.26. The summed E-state index contributed by atoms with van der Waals surface area (Å²) in [7, 11) is 0. The SMILES string of the molecule is O=C(C1CCCCC1)N(Cc1ccco1)c1nc(-c2ccc(F)cc2)cs1. The Hall–Kier alpha value is -2.47. The second kappa shape index (κ2) is 8.05. The molecule has 0 bridgehead atoms. The average Bonchev–Trinajstić information content (AvgIpc) is 3.39. The summed E-state index contributed by atoms with van der Waals surface area (Å²) in [4.78, 5) is 19.6. The summed E-state index contributed by atoms with van der Waals surface area (Å²) in [6.45, 7) is 0.374. The van der Waals surface area contributed by atoms with Crippen LogP contribution in [-0.2, 0) is 11.3 Å². The van der Waals surface area contributed by atoms with Crippen LogP contribution in [0.5, 0.6) is 0 Å². The van der Waals surface area contributed by atoms with Crippen LogP contribution >= 0.6 is 11.3 Å². The fourth-order valence-electron chi connectivity index (χ4n) is 3.51. The van der Waals surface area contributed by atoms with E-state index in [1.165, 1.54) is 29.9 Å². The third-order valence-corrected chi connectivity index (χ3v) is 5.84. The molecule has 0 saturated heterocycles. The molecule has 3 aromatic rings. The van der Waals surface area contributed by atoms with Crippen LogP contribution in [0.15, 0.2) is 52.5 Å². The van der Waals surface area contributed by atoms with Crippen LogP contribution in [-0.4, -0.2) is 10.9 Å². The van der Waals surface area contributed by atoms with E-state index in [2.05, 4.69) is 4.98 Å². The molecule has 27 heavy (non-hydrogen) atoms. The summed E-state index contributed by atoms with van der Waals surface area (Å²) < 4.78 is 18.6. The summed E-state index contributed by atoms with van der Waals surface area (Å²) >= 11 is 1.43. The van der Waals surface area contributed by atoms with Gasteiger partial charge in [-0.05, 0) is 49.2 Å². The van der Waals surface area contributed by atoms with E-state index >= 15 is 0 Å². The van der Waals surface area contributed by atoms with Crippen LogP contribution in [0.1, 0.15) is 37.9 Å². The number of hydrogen-bond donors (Lipinski definition) is 0. The molecule has 0 radical (unpaired) electrons. The Morgan fingerprint density at radius 2 is 1.96 bits per heavy atom. The lowest BCUT2D eigenvalue weighted by atomic mass is 9.88. The summed E-state index contributed by atoms with van der Waals surface area (Å²) in [6, 6.07) is 9.94. The minimum Gasteiger partial charge on any atom is -0.467 e. The molecule has 1 fully saturated rings. The van der Waals surface area contributed by atoms with Gasteiger partial charge < -0.3 is 4.42 Å². The van der Waals surface area contributed by atoms with E-state index in [1.54, 1.807) is 23.3 Å². The molecule has 1 aliphatic carbocycles. The van der Waals surface area contributed by atoms with E-state index in [9.17, 15) is 9.18 Å². The Labute approximate surface area is 161 Å². The average molecular weight is 384 g/mol. The molecule has 2 aromatic heterocycles. The number of halogens is 1. The van der Waals surface area contributed by atoms with Gasteiger partial charge in [0.05, 0.1) is 18.5 Å². The van der Waals surface area contributed by atoms with Crippen molar-refractivity contribution >= 4 is 22.4 Å². The van der Waals surface area contributed by atoms with Crippen molar-refractivity contribution in [2.24, 2.45) is 5.92 Å². The van der Waals surface area contributed by atoms with Gasteiger partial charge in [0, 0.05) is 16.9 Å². The highest BCUT2D eigenvalue weighted by atomic mass is 32.1. The van der Waals surface area contributed by atoms with Gasteiger partial charge in [0.1, 0.15) is 11.6 Å². The maximum absolute atomic E-state index is 13.2. The largest absolute Gasteiger partial charge is 0.467 e. The molecule has 0 N–H and O–H groups in total. The van der Waals surface area contributed by atoms with Gasteiger partial charge in [0.15, 0.2) is 5.13 Å². The van der Waals surface area contributed by atoms with Gasteiger partial charge in [-0.1, -0.05) is 19.3 Å². The first-order valence-corrected chi connectivity index (χ1v) is 10.1. The number of carbonyl (C=O) groups is 1. The molecule has 0 aliphatic heterocycles. The highest BCUT2D eigenvalue weighted by Gasteiger charge is 2.29. The van der Waals surface area contributed by atoms with Gasteiger partial charge in [-0.15, -0.1) is 11.3 Å². The van der Waals surface area contributed by atoms with Crippen LogP contribution in [0.25, 0.3) is 11.3 Å². The smallest absolute Gasteiger partial charge is 0.232 e. The summed E-state index contributed by atoms with van der Waals surface area (Å²) in [5.74, 6) is 0.622. The highest BCUT2D eigenvalue weighted by molar-refractivity contribution is 7.14. The monoisotopic (exact) mass is 384 g/mol. The maximum Gasteiger partial charge on any atom is 0.232 e. The number of amides is 1. The molecule has 140 valence electrons. The number of furan rings is 1. The van der Waals surface area contributed by atoms with Gasteiger partial charge in [-0.2, -0.15) is 0 Å². The number of thiazole rings is 1. The van der Waals surface area contributed by atoms with Crippen molar-refractivity contribution in [1.82, 2.24) is 4.98 Å². The normalized spacial score (nSPS) is 15.0. The molecule has 0 unspecified atom stereocenters. The Balaban J connectivity index is 1.61. The van der Waals surface area contributed by atoms with Crippen LogP contribution in [0, 0.1) is 11.7 Å². The van der Waals surface area contributed by atoms with Crippen LogP contribution < -0.4 is 4.90 Å². The zero-order valence-electron chi connectivity index (χ0n) is 14.9. The highest BCUT2D eigenvalue weighted by Crippen LogP contribution is 2.32. The van der Waals surface area contributed by atoms with E-state index in [0.717, 1.165) is 42.7 Å². The Morgan fingerprint density at radius 1 is 1.19 bits per heavy atom. The van der Waals surface area contributed by atoms with Gasteiger partial charge in [0.25, 0.3) is 0 Å². The summed E-state index contributed by atoms with van der Waals surface area (Å²) in [5, 5.41) is 2.56. The predicted molar refractivity (Wildman–Crippen MR) is 104 cm³/mol. The number of benzene rings is 1. The molecule has 0 spiro atoms. The standard InChI is InChI=1S/C21H21FN2O2S/c22-17-10-8-15(9-11-17)19-14-27-21(23-19)24(13-18-7-4-12-26-18)20(25)16-5-2-1-3-6-16/h4,7-12,14,16H,1-3,5-6,13H2. The zero-order valence-corrected chi connectivity index (χ0v) is 15.8.